The number of carbonyl (C=O) groups is 2. The van der Waals surface area contributed by atoms with E-state index in [0.29, 0.717) is 37.7 Å². The van der Waals surface area contributed by atoms with Gasteiger partial charge in [0, 0.05) is 58.6 Å². The molecule has 0 spiro atoms. The van der Waals surface area contributed by atoms with Gasteiger partial charge in [-0.3, -0.25) is 14.5 Å². The Morgan fingerprint density at radius 3 is 2.31 bits per heavy atom. The molecule has 2 aromatic rings. The van der Waals surface area contributed by atoms with E-state index in [0.717, 1.165) is 36.9 Å². The second-order valence-corrected chi connectivity index (χ2v) is 8.63. The van der Waals surface area contributed by atoms with Crippen molar-refractivity contribution in [3.8, 4) is 0 Å². The number of amides is 2. The number of halogens is 1. The largest absolute Gasteiger partial charge is 0.354 e. The lowest BCUT2D eigenvalue weighted by atomic mass is 10.2. The number of thiophene rings is 1. The highest BCUT2D eigenvalue weighted by molar-refractivity contribution is 7.12. The Kier molecular flexibility index (Phi) is 6.32. The fourth-order valence-corrected chi connectivity index (χ4v) is 4.50. The first kappa shape index (κ1) is 20.1. The summed E-state index contributed by atoms with van der Waals surface area (Å²) in [5.41, 5.74) is 0. The quantitative estimate of drug-likeness (QED) is 0.737. The molecule has 4 heterocycles. The van der Waals surface area contributed by atoms with E-state index in [1.54, 1.807) is 6.20 Å². The van der Waals surface area contributed by atoms with Crippen LogP contribution in [0.25, 0.3) is 0 Å². The molecule has 4 rings (SSSR count). The molecule has 2 amide bonds. The maximum absolute atomic E-state index is 12.7. The summed E-state index contributed by atoms with van der Waals surface area (Å²) in [6.45, 7) is 6.16. The fraction of sp³-hybridized carbons (Fsp3) is 0.450. The number of pyridine rings is 1. The maximum Gasteiger partial charge on any atom is 0.264 e. The number of carbonyl (C=O) groups excluding carboxylic acids is 2. The smallest absolute Gasteiger partial charge is 0.264 e. The molecule has 0 N–H and O–H groups in total. The first-order valence-corrected chi connectivity index (χ1v) is 11.1. The van der Waals surface area contributed by atoms with E-state index < -0.39 is 0 Å². The second kappa shape index (κ2) is 9.11. The van der Waals surface area contributed by atoms with Gasteiger partial charge < -0.3 is 14.7 Å². The standard InChI is InChI=1S/C20H24ClN5O2S/c21-16-3-4-18(22-14-16)24-7-5-23(6-8-24)15-19(27)25-9-11-26(12-10-25)20(28)17-2-1-13-29-17/h1-4,13-14H,5-12,15H2. The summed E-state index contributed by atoms with van der Waals surface area (Å²) in [6, 6.07) is 7.52. The number of piperazine rings is 2. The van der Waals surface area contributed by atoms with Crippen LogP contribution in [0.15, 0.2) is 35.8 Å². The van der Waals surface area contributed by atoms with Crippen LogP contribution in [0.1, 0.15) is 9.67 Å². The summed E-state index contributed by atoms with van der Waals surface area (Å²) in [6.07, 6.45) is 1.66. The molecular formula is C20H24ClN5O2S. The molecule has 0 aliphatic carbocycles. The van der Waals surface area contributed by atoms with Crippen molar-refractivity contribution in [3.63, 3.8) is 0 Å². The van der Waals surface area contributed by atoms with Crippen molar-refractivity contribution in [3.05, 3.63) is 45.7 Å². The molecule has 0 radical (unpaired) electrons. The van der Waals surface area contributed by atoms with Gasteiger partial charge in [-0.15, -0.1) is 11.3 Å². The highest BCUT2D eigenvalue weighted by Gasteiger charge is 2.27. The third-order valence-corrected chi connectivity index (χ3v) is 6.50. The topological polar surface area (TPSA) is 60.0 Å². The van der Waals surface area contributed by atoms with Crippen LogP contribution in [0.2, 0.25) is 5.02 Å². The Hall–Kier alpha value is -2.16. The Morgan fingerprint density at radius 1 is 0.966 bits per heavy atom. The maximum atomic E-state index is 12.7. The lowest BCUT2D eigenvalue weighted by Crippen LogP contribution is -2.54. The molecule has 0 atom stereocenters. The summed E-state index contributed by atoms with van der Waals surface area (Å²) in [4.78, 5) is 38.4. The Bertz CT molecular complexity index is 829. The van der Waals surface area contributed by atoms with Crippen molar-refractivity contribution in [2.24, 2.45) is 0 Å². The number of rotatable bonds is 4. The van der Waals surface area contributed by atoms with Crippen molar-refractivity contribution >= 4 is 40.6 Å². The van der Waals surface area contributed by atoms with Crippen LogP contribution in [0, 0.1) is 0 Å². The first-order chi connectivity index (χ1) is 14.1. The third-order valence-electron chi connectivity index (χ3n) is 5.42. The average Bonchev–Trinajstić information content (AvgIpc) is 3.29. The van der Waals surface area contributed by atoms with E-state index in [1.807, 2.05) is 39.4 Å². The van der Waals surface area contributed by atoms with Gasteiger partial charge in [0.2, 0.25) is 5.91 Å². The van der Waals surface area contributed by atoms with Crippen LogP contribution < -0.4 is 4.90 Å². The summed E-state index contributed by atoms with van der Waals surface area (Å²) in [7, 11) is 0. The molecule has 7 nitrogen and oxygen atoms in total. The zero-order valence-electron chi connectivity index (χ0n) is 16.2. The van der Waals surface area contributed by atoms with Crippen molar-refractivity contribution in [2.45, 2.75) is 0 Å². The minimum Gasteiger partial charge on any atom is -0.354 e. The molecule has 2 aliphatic heterocycles. The minimum absolute atomic E-state index is 0.0685. The van der Waals surface area contributed by atoms with Gasteiger partial charge in [-0.05, 0) is 23.6 Å². The number of hydrogen-bond donors (Lipinski definition) is 0. The minimum atomic E-state index is 0.0685. The molecular weight excluding hydrogens is 410 g/mol. The van der Waals surface area contributed by atoms with E-state index in [-0.39, 0.29) is 11.8 Å². The Labute approximate surface area is 179 Å². The summed E-state index contributed by atoms with van der Waals surface area (Å²) < 4.78 is 0. The molecule has 29 heavy (non-hydrogen) atoms. The van der Waals surface area contributed by atoms with E-state index >= 15 is 0 Å². The molecule has 154 valence electrons. The summed E-state index contributed by atoms with van der Waals surface area (Å²) in [5.74, 6) is 1.14. The molecule has 2 saturated heterocycles. The molecule has 0 aromatic carbocycles. The van der Waals surface area contributed by atoms with Crippen LogP contribution in [0.5, 0.6) is 0 Å². The van der Waals surface area contributed by atoms with Gasteiger partial charge >= 0.3 is 0 Å². The zero-order chi connectivity index (χ0) is 20.2. The molecule has 9 heteroatoms. The lowest BCUT2D eigenvalue weighted by molar-refractivity contribution is -0.134. The van der Waals surface area contributed by atoms with Crippen molar-refractivity contribution in [1.82, 2.24) is 19.7 Å². The van der Waals surface area contributed by atoms with Gasteiger partial charge in [0.1, 0.15) is 5.82 Å². The van der Waals surface area contributed by atoms with Crippen LogP contribution >= 0.6 is 22.9 Å². The number of aromatic nitrogens is 1. The molecule has 2 aliphatic rings. The SMILES string of the molecule is O=C(CN1CCN(c2ccc(Cl)cn2)CC1)N1CCN(C(=O)c2cccs2)CC1. The lowest BCUT2D eigenvalue weighted by Gasteiger charge is -2.38. The summed E-state index contributed by atoms with van der Waals surface area (Å²) >= 11 is 7.37. The van der Waals surface area contributed by atoms with Crippen molar-refractivity contribution in [2.75, 3.05) is 63.8 Å². The van der Waals surface area contributed by atoms with Gasteiger partial charge in [0.05, 0.1) is 16.4 Å². The van der Waals surface area contributed by atoms with Gasteiger partial charge in [0.25, 0.3) is 5.91 Å². The van der Waals surface area contributed by atoms with Crippen LogP contribution in [0.3, 0.4) is 0 Å². The van der Waals surface area contributed by atoms with Gasteiger partial charge in [-0.2, -0.15) is 0 Å². The number of nitrogens with zero attached hydrogens (tertiary/aromatic N) is 5. The molecule has 0 saturated carbocycles. The zero-order valence-corrected chi connectivity index (χ0v) is 17.7. The second-order valence-electron chi connectivity index (χ2n) is 7.25. The van der Waals surface area contributed by atoms with Crippen LogP contribution in [0.4, 0.5) is 5.82 Å². The van der Waals surface area contributed by atoms with E-state index in [1.165, 1.54) is 11.3 Å². The Morgan fingerprint density at radius 2 is 1.69 bits per heavy atom. The average molecular weight is 434 g/mol. The molecule has 2 fully saturated rings. The van der Waals surface area contributed by atoms with E-state index in [4.69, 9.17) is 11.6 Å². The first-order valence-electron chi connectivity index (χ1n) is 9.79. The summed E-state index contributed by atoms with van der Waals surface area (Å²) in [5, 5.41) is 2.55. The predicted molar refractivity (Wildman–Crippen MR) is 115 cm³/mol. The third kappa shape index (κ3) is 4.88. The number of hydrogen-bond acceptors (Lipinski definition) is 6. The molecule has 0 bridgehead atoms. The predicted octanol–water partition coefficient (Wildman–Crippen LogP) is 1.90. The number of anilines is 1. The van der Waals surface area contributed by atoms with Gasteiger partial charge in [0.15, 0.2) is 0 Å². The monoisotopic (exact) mass is 433 g/mol. The normalized spacial score (nSPS) is 18.2. The van der Waals surface area contributed by atoms with Crippen LogP contribution in [-0.4, -0.2) is 90.4 Å². The highest BCUT2D eigenvalue weighted by atomic mass is 35.5. The van der Waals surface area contributed by atoms with Gasteiger partial charge in [-0.1, -0.05) is 17.7 Å². The highest BCUT2D eigenvalue weighted by Crippen LogP contribution is 2.17. The van der Waals surface area contributed by atoms with Crippen LogP contribution in [-0.2, 0) is 4.79 Å². The van der Waals surface area contributed by atoms with Crippen molar-refractivity contribution < 1.29 is 9.59 Å². The molecule has 0 unspecified atom stereocenters. The van der Waals surface area contributed by atoms with Gasteiger partial charge in [-0.25, -0.2) is 4.98 Å². The van der Waals surface area contributed by atoms with E-state index in [2.05, 4.69) is 14.8 Å². The van der Waals surface area contributed by atoms with E-state index in [9.17, 15) is 9.59 Å². The fourth-order valence-electron chi connectivity index (χ4n) is 3.70. The molecule has 2 aromatic heterocycles. The van der Waals surface area contributed by atoms with Crippen molar-refractivity contribution in [1.29, 1.82) is 0 Å². The Balaban J connectivity index is 1.21.